The number of carbonyl (C=O) groups is 1. The van der Waals surface area contributed by atoms with E-state index in [1.807, 2.05) is 49.7 Å². The first-order valence-corrected chi connectivity index (χ1v) is 10.7. The van der Waals surface area contributed by atoms with E-state index in [2.05, 4.69) is 23.4 Å². The van der Waals surface area contributed by atoms with Gasteiger partial charge in [0.1, 0.15) is 4.34 Å². The predicted octanol–water partition coefficient (Wildman–Crippen LogP) is 5.64. The van der Waals surface area contributed by atoms with Gasteiger partial charge in [0, 0.05) is 34.3 Å². The average Bonchev–Trinajstić information content (AvgIpc) is 3.30. The zero-order valence-electron chi connectivity index (χ0n) is 14.4. The summed E-state index contributed by atoms with van der Waals surface area (Å²) in [6.07, 6.45) is 0. The van der Waals surface area contributed by atoms with Crippen molar-refractivity contribution < 1.29 is 4.79 Å². The number of hydrogen-bond donors (Lipinski definition) is 0. The molecule has 0 aliphatic rings. The molecule has 3 nitrogen and oxygen atoms in total. The van der Waals surface area contributed by atoms with Crippen LogP contribution in [-0.2, 0) is 5.75 Å². The Balaban J connectivity index is 1.62. The number of hydrogen-bond acceptors (Lipinski definition) is 5. The molecule has 3 rings (SSSR count). The summed E-state index contributed by atoms with van der Waals surface area (Å²) in [7, 11) is 1.86. The van der Waals surface area contributed by atoms with Gasteiger partial charge in [0.2, 0.25) is 0 Å². The highest BCUT2D eigenvalue weighted by atomic mass is 32.2. The number of carbonyl (C=O) groups excluding carboxylic acids is 1. The van der Waals surface area contributed by atoms with Crippen LogP contribution < -0.4 is 0 Å². The summed E-state index contributed by atoms with van der Waals surface area (Å²) in [4.78, 5) is 20.1. The van der Waals surface area contributed by atoms with E-state index in [1.54, 1.807) is 39.3 Å². The first kappa shape index (κ1) is 18.2. The summed E-state index contributed by atoms with van der Waals surface area (Å²) in [6, 6.07) is 12.1. The molecule has 0 saturated carbocycles. The summed E-state index contributed by atoms with van der Waals surface area (Å²) in [6.45, 7) is 4.07. The molecule has 0 spiro atoms. The number of aromatic nitrogens is 1. The summed E-state index contributed by atoms with van der Waals surface area (Å²) in [5.41, 5.74) is 2.99. The lowest BCUT2D eigenvalue weighted by Gasteiger charge is -2.24. The van der Waals surface area contributed by atoms with Gasteiger partial charge in [0.05, 0.1) is 6.04 Å². The molecule has 1 atom stereocenters. The molecule has 3 aromatic rings. The third-order valence-electron chi connectivity index (χ3n) is 4.02. The smallest absolute Gasteiger partial charge is 0.254 e. The van der Waals surface area contributed by atoms with Crippen LogP contribution >= 0.6 is 34.4 Å². The SMILES string of the molecule is Cc1csc(SCc2ccc(C(=O)N(C)C(C)c3cccs3)cc2)n1. The lowest BCUT2D eigenvalue weighted by atomic mass is 10.1. The number of amides is 1. The van der Waals surface area contributed by atoms with E-state index in [0.29, 0.717) is 0 Å². The van der Waals surface area contributed by atoms with Crippen LogP contribution in [0.15, 0.2) is 51.5 Å². The van der Waals surface area contributed by atoms with Gasteiger partial charge in [0.15, 0.2) is 0 Å². The van der Waals surface area contributed by atoms with Gasteiger partial charge >= 0.3 is 0 Å². The molecule has 0 N–H and O–H groups in total. The Morgan fingerprint density at radius 1 is 1.24 bits per heavy atom. The van der Waals surface area contributed by atoms with Crippen LogP contribution in [-0.4, -0.2) is 22.8 Å². The molecule has 25 heavy (non-hydrogen) atoms. The fraction of sp³-hybridized carbons (Fsp3) is 0.263. The Morgan fingerprint density at radius 2 is 2.00 bits per heavy atom. The molecule has 2 aromatic heterocycles. The van der Waals surface area contributed by atoms with Gasteiger partial charge in [-0.3, -0.25) is 4.79 Å². The van der Waals surface area contributed by atoms with Crippen molar-refractivity contribution in [2.75, 3.05) is 7.05 Å². The Labute approximate surface area is 160 Å². The Hall–Kier alpha value is -1.63. The number of thiazole rings is 1. The van der Waals surface area contributed by atoms with Crippen molar-refractivity contribution in [2.24, 2.45) is 0 Å². The maximum Gasteiger partial charge on any atom is 0.254 e. The zero-order chi connectivity index (χ0) is 17.8. The normalized spacial score (nSPS) is 12.1. The molecule has 0 radical (unpaired) electrons. The van der Waals surface area contributed by atoms with Gasteiger partial charge in [-0.1, -0.05) is 30.0 Å². The zero-order valence-corrected chi connectivity index (χ0v) is 16.9. The number of thiophene rings is 1. The molecule has 0 aliphatic heterocycles. The topological polar surface area (TPSA) is 33.2 Å². The molecular formula is C19H20N2OS3. The molecule has 1 unspecified atom stereocenters. The molecule has 0 bridgehead atoms. The lowest BCUT2D eigenvalue weighted by Crippen LogP contribution is -2.29. The summed E-state index contributed by atoms with van der Waals surface area (Å²) in [5, 5.41) is 4.11. The Kier molecular flexibility index (Phi) is 5.93. The van der Waals surface area contributed by atoms with Crippen LogP contribution in [0.25, 0.3) is 0 Å². The van der Waals surface area contributed by atoms with Gasteiger partial charge < -0.3 is 4.90 Å². The van der Waals surface area contributed by atoms with E-state index in [9.17, 15) is 4.79 Å². The number of rotatable bonds is 6. The first-order valence-electron chi connectivity index (χ1n) is 7.99. The van der Waals surface area contributed by atoms with Crippen LogP contribution in [0.4, 0.5) is 0 Å². The van der Waals surface area contributed by atoms with Crippen LogP contribution in [0.5, 0.6) is 0 Å². The highest BCUT2D eigenvalue weighted by Crippen LogP contribution is 2.27. The van der Waals surface area contributed by atoms with Crippen molar-refractivity contribution >= 4 is 40.3 Å². The van der Waals surface area contributed by atoms with Gasteiger partial charge in [-0.25, -0.2) is 4.98 Å². The van der Waals surface area contributed by atoms with Gasteiger partial charge in [-0.05, 0) is 43.0 Å². The van der Waals surface area contributed by atoms with Crippen molar-refractivity contribution in [1.29, 1.82) is 0 Å². The van der Waals surface area contributed by atoms with Gasteiger partial charge in [-0.15, -0.1) is 22.7 Å². The average molecular weight is 389 g/mol. The third-order valence-corrected chi connectivity index (χ3v) is 7.27. The molecule has 130 valence electrons. The molecule has 1 aromatic carbocycles. The van der Waals surface area contributed by atoms with Crippen molar-refractivity contribution in [3.63, 3.8) is 0 Å². The molecule has 0 fully saturated rings. The van der Waals surface area contributed by atoms with Crippen LogP contribution in [0, 0.1) is 6.92 Å². The van der Waals surface area contributed by atoms with E-state index in [-0.39, 0.29) is 11.9 Å². The fourth-order valence-corrected chi connectivity index (χ4v) is 5.02. The van der Waals surface area contributed by atoms with Gasteiger partial charge in [0.25, 0.3) is 5.91 Å². The van der Waals surface area contributed by atoms with E-state index in [1.165, 1.54) is 10.4 Å². The highest BCUT2D eigenvalue weighted by molar-refractivity contribution is 8.00. The van der Waals surface area contributed by atoms with Crippen molar-refractivity contribution in [1.82, 2.24) is 9.88 Å². The summed E-state index contributed by atoms with van der Waals surface area (Å²) < 4.78 is 1.09. The van der Waals surface area contributed by atoms with E-state index in [4.69, 9.17) is 0 Å². The Morgan fingerprint density at radius 3 is 2.60 bits per heavy atom. The highest BCUT2D eigenvalue weighted by Gasteiger charge is 2.19. The van der Waals surface area contributed by atoms with E-state index >= 15 is 0 Å². The lowest BCUT2D eigenvalue weighted by molar-refractivity contribution is 0.0745. The second kappa shape index (κ2) is 8.17. The van der Waals surface area contributed by atoms with Gasteiger partial charge in [-0.2, -0.15) is 0 Å². The maximum atomic E-state index is 12.7. The largest absolute Gasteiger partial charge is 0.334 e. The quantitative estimate of drug-likeness (QED) is 0.512. The summed E-state index contributed by atoms with van der Waals surface area (Å²) in [5.74, 6) is 0.915. The first-order chi connectivity index (χ1) is 12.0. The molecule has 0 aliphatic carbocycles. The number of thioether (sulfide) groups is 1. The molecule has 6 heteroatoms. The second-order valence-corrected chi connectivity index (χ2v) is 8.91. The van der Waals surface area contributed by atoms with Crippen LogP contribution in [0.2, 0.25) is 0 Å². The molecule has 2 heterocycles. The molecule has 0 saturated heterocycles. The fourth-order valence-electron chi connectivity index (χ4n) is 2.39. The van der Waals surface area contributed by atoms with E-state index < -0.39 is 0 Å². The summed E-state index contributed by atoms with van der Waals surface area (Å²) >= 11 is 5.09. The monoisotopic (exact) mass is 388 g/mol. The minimum Gasteiger partial charge on any atom is -0.334 e. The number of nitrogens with zero attached hydrogens (tertiary/aromatic N) is 2. The minimum atomic E-state index is 0.0515. The van der Waals surface area contributed by atoms with Crippen molar-refractivity contribution in [3.05, 3.63) is 68.9 Å². The van der Waals surface area contributed by atoms with Crippen LogP contribution in [0.1, 0.15) is 39.5 Å². The minimum absolute atomic E-state index is 0.0515. The third kappa shape index (κ3) is 4.51. The van der Waals surface area contributed by atoms with Crippen molar-refractivity contribution in [3.8, 4) is 0 Å². The van der Waals surface area contributed by atoms with Crippen LogP contribution in [0.3, 0.4) is 0 Å². The number of benzene rings is 1. The number of aryl methyl sites for hydroxylation is 1. The predicted molar refractivity (Wildman–Crippen MR) is 108 cm³/mol. The van der Waals surface area contributed by atoms with E-state index in [0.717, 1.165) is 21.3 Å². The Bertz CT molecular complexity index is 825. The van der Waals surface area contributed by atoms with Crippen molar-refractivity contribution in [2.45, 2.75) is 30.0 Å². The molecule has 1 amide bonds. The molecular weight excluding hydrogens is 368 g/mol. The second-order valence-electron chi connectivity index (χ2n) is 5.85. The maximum absolute atomic E-state index is 12.7. The standard InChI is InChI=1S/C19H20N2OS3/c1-13-11-24-19(20-13)25-12-15-6-8-16(9-7-15)18(22)21(3)14(2)17-5-4-10-23-17/h4-11,14H,12H2,1-3H3.